The first kappa shape index (κ1) is 16.3. The van der Waals surface area contributed by atoms with Crippen LogP contribution in [0.1, 0.15) is 22.8 Å². The highest BCUT2D eigenvalue weighted by Gasteiger charge is 2.43. The molecule has 0 saturated carbocycles. The number of hydrogen-bond acceptors (Lipinski definition) is 1. The van der Waals surface area contributed by atoms with Crippen LogP contribution in [-0.2, 0) is 6.18 Å². The van der Waals surface area contributed by atoms with Gasteiger partial charge in [-0.05, 0) is 5.56 Å². The first-order valence-electron chi connectivity index (χ1n) is 5.82. The van der Waals surface area contributed by atoms with Gasteiger partial charge in [-0.15, -0.1) is 0 Å². The van der Waals surface area contributed by atoms with Crippen LogP contribution in [0.4, 0.5) is 30.7 Å². The maximum absolute atomic E-state index is 13.7. The minimum Gasteiger partial charge on any atom is -0.383 e. The highest BCUT2D eigenvalue weighted by Crippen LogP contribution is 2.39. The van der Waals surface area contributed by atoms with Crippen LogP contribution in [0.5, 0.6) is 0 Å². The highest BCUT2D eigenvalue weighted by molar-refractivity contribution is 5.37. The van der Waals surface area contributed by atoms with E-state index in [2.05, 4.69) is 0 Å². The molecule has 2 aromatic carbocycles. The van der Waals surface area contributed by atoms with Gasteiger partial charge in [-0.2, -0.15) is 13.2 Å². The molecular formula is C14H7F7O. The Bertz CT molecular complexity index is 666. The highest BCUT2D eigenvalue weighted by atomic mass is 19.4. The predicted molar refractivity (Wildman–Crippen MR) is 61.8 cm³/mol. The Labute approximate surface area is 119 Å². The third-order valence-corrected chi connectivity index (χ3v) is 2.97. The number of aliphatic hydroxyl groups excluding tert-OH is 1. The van der Waals surface area contributed by atoms with E-state index in [9.17, 15) is 35.8 Å². The molecule has 0 aromatic heterocycles. The zero-order valence-corrected chi connectivity index (χ0v) is 10.6. The second kappa shape index (κ2) is 5.60. The number of aliphatic hydroxyl groups is 1. The van der Waals surface area contributed by atoms with E-state index in [1.807, 2.05) is 0 Å². The van der Waals surface area contributed by atoms with Crippen LogP contribution in [0.2, 0.25) is 0 Å². The molecule has 0 saturated heterocycles. The van der Waals surface area contributed by atoms with Crippen LogP contribution in [0.25, 0.3) is 0 Å². The van der Waals surface area contributed by atoms with Gasteiger partial charge in [0.1, 0.15) is 11.7 Å². The summed E-state index contributed by atoms with van der Waals surface area (Å²) in [7, 11) is 0. The van der Waals surface area contributed by atoms with Crippen molar-refractivity contribution in [2.75, 3.05) is 0 Å². The molecule has 0 radical (unpaired) electrons. The lowest BCUT2D eigenvalue weighted by molar-refractivity contribution is -0.143. The molecule has 1 unspecified atom stereocenters. The largest absolute Gasteiger partial charge is 0.422 e. The average molecular weight is 324 g/mol. The Morgan fingerprint density at radius 3 is 1.64 bits per heavy atom. The Morgan fingerprint density at radius 2 is 1.23 bits per heavy atom. The molecule has 0 heterocycles. The van der Waals surface area contributed by atoms with E-state index in [4.69, 9.17) is 0 Å². The Morgan fingerprint density at radius 1 is 0.773 bits per heavy atom. The van der Waals surface area contributed by atoms with Gasteiger partial charge in [0.05, 0.1) is 5.56 Å². The lowest BCUT2D eigenvalue weighted by atomic mass is 9.98. The zero-order valence-electron chi connectivity index (χ0n) is 10.6. The van der Waals surface area contributed by atoms with Gasteiger partial charge in [0.15, 0.2) is 23.3 Å². The third-order valence-electron chi connectivity index (χ3n) is 2.97. The monoisotopic (exact) mass is 324 g/mol. The molecule has 22 heavy (non-hydrogen) atoms. The van der Waals surface area contributed by atoms with Crippen LogP contribution in [0.15, 0.2) is 30.3 Å². The van der Waals surface area contributed by atoms with Crippen molar-refractivity contribution in [3.8, 4) is 0 Å². The summed E-state index contributed by atoms with van der Waals surface area (Å²) in [6, 6.07) is 6.61. The Kier molecular flexibility index (Phi) is 4.15. The van der Waals surface area contributed by atoms with Gasteiger partial charge in [0.25, 0.3) is 0 Å². The fourth-order valence-corrected chi connectivity index (χ4v) is 1.94. The van der Waals surface area contributed by atoms with Gasteiger partial charge in [-0.25, -0.2) is 17.6 Å². The standard InChI is InChI=1S/C14H7F7O/c15-9-7(13(22)6-4-2-1-3-5-6)10(16)12(18)8(11(9)17)14(19,20)21/h1-5,13,22H. The molecule has 1 atom stereocenters. The van der Waals surface area contributed by atoms with Gasteiger partial charge < -0.3 is 5.11 Å². The molecule has 1 nitrogen and oxygen atoms in total. The van der Waals surface area contributed by atoms with Crippen molar-refractivity contribution in [3.05, 3.63) is 70.3 Å². The predicted octanol–water partition coefficient (Wildman–Crippen LogP) is 4.34. The molecule has 2 aromatic rings. The Balaban J connectivity index is 2.70. The number of rotatable bonds is 2. The summed E-state index contributed by atoms with van der Waals surface area (Å²) in [6.45, 7) is 0. The second-order valence-corrected chi connectivity index (χ2v) is 4.36. The molecule has 0 spiro atoms. The van der Waals surface area contributed by atoms with E-state index in [0.29, 0.717) is 0 Å². The van der Waals surface area contributed by atoms with E-state index >= 15 is 0 Å². The SMILES string of the molecule is OC(c1ccccc1)c1c(F)c(F)c(C(F)(F)F)c(F)c1F. The van der Waals surface area contributed by atoms with Gasteiger partial charge in [-0.3, -0.25) is 0 Å². The van der Waals surface area contributed by atoms with Crippen molar-refractivity contribution >= 4 is 0 Å². The molecule has 0 aliphatic heterocycles. The van der Waals surface area contributed by atoms with Gasteiger partial charge in [0, 0.05) is 0 Å². The summed E-state index contributed by atoms with van der Waals surface area (Å²) in [5.74, 6) is -9.78. The van der Waals surface area contributed by atoms with E-state index < -0.39 is 46.7 Å². The van der Waals surface area contributed by atoms with Gasteiger partial charge >= 0.3 is 6.18 Å². The molecular weight excluding hydrogens is 317 g/mol. The number of hydrogen-bond donors (Lipinski definition) is 1. The minimum absolute atomic E-state index is 0.140. The summed E-state index contributed by atoms with van der Waals surface area (Å²) in [6.07, 6.45) is -7.78. The summed E-state index contributed by atoms with van der Waals surface area (Å²) in [5.41, 5.74) is -4.33. The fourth-order valence-electron chi connectivity index (χ4n) is 1.94. The van der Waals surface area contributed by atoms with Crippen LogP contribution < -0.4 is 0 Å². The normalized spacial score (nSPS) is 13.3. The molecule has 2 rings (SSSR count). The van der Waals surface area contributed by atoms with Crippen LogP contribution in [0.3, 0.4) is 0 Å². The van der Waals surface area contributed by atoms with Crippen LogP contribution >= 0.6 is 0 Å². The summed E-state index contributed by atoms with van der Waals surface area (Å²) in [5, 5.41) is 9.80. The molecule has 118 valence electrons. The number of benzene rings is 2. The minimum atomic E-state index is -5.62. The molecule has 1 N–H and O–H groups in total. The molecule has 0 bridgehead atoms. The maximum Gasteiger partial charge on any atom is 0.422 e. The third kappa shape index (κ3) is 2.66. The topological polar surface area (TPSA) is 20.2 Å². The molecule has 0 aliphatic rings. The molecule has 8 heteroatoms. The second-order valence-electron chi connectivity index (χ2n) is 4.36. The first-order valence-corrected chi connectivity index (χ1v) is 5.82. The van der Waals surface area contributed by atoms with Crippen molar-refractivity contribution in [1.29, 1.82) is 0 Å². The van der Waals surface area contributed by atoms with Crippen molar-refractivity contribution in [2.45, 2.75) is 12.3 Å². The van der Waals surface area contributed by atoms with Crippen molar-refractivity contribution < 1.29 is 35.8 Å². The fraction of sp³-hybridized carbons (Fsp3) is 0.143. The van der Waals surface area contributed by atoms with Gasteiger partial charge in [-0.1, -0.05) is 30.3 Å². The van der Waals surface area contributed by atoms with E-state index in [1.165, 1.54) is 30.3 Å². The lowest BCUT2D eigenvalue weighted by Gasteiger charge is -2.17. The molecule has 0 amide bonds. The van der Waals surface area contributed by atoms with Crippen LogP contribution in [0, 0.1) is 23.3 Å². The molecule has 0 aliphatic carbocycles. The van der Waals surface area contributed by atoms with Crippen LogP contribution in [-0.4, -0.2) is 5.11 Å². The lowest BCUT2D eigenvalue weighted by Crippen LogP contribution is -2.19. The van der Waals surface area contributed by atoms with Crippen molar-refractivity contribution in [2.24, 2.45) is 0 Å². The van der Waals surface area contributed by atoms with E-state index in [0.717, 1.165) is 0 Å². The quantitative estimate of drug-likeness (QED) is 0.643. The average Bonchev–Trinajstić information content (AvgIpc) is 2.45. The smallest absolute Gasteiger partial charge is 0.383 e. The van der Waals surface area contributed by atoms with E-state index in [1.54, 1.807) is 0 Å². The summed E-state index contributed by atoms with van der Waals surface area (Å²) >= 11 is 0. The van der Waals surface area contributed by atoms with E-state index in [-0.39, 0.29) is 5.56 Å². The summed E-state index contributed by atoms with van der Waals surface area (Å²) < 4.78 is 91.7. The first-order chi connectivity index (χ1) is 10.2. The zero-order chi connectivity index (χ0) is 16.7. The Hall–Kier alpha value is -2.09. The maximum atomic E-state index is 13.7. The number of alkyl halides is 3. The summed E-state index contributed by atoms with van der Waals surface area (Å²) in [4.78, 5) is 0. The van der Waals surface area contributed by atoms with Crippen molar-refractivity contribution in [3.63, 3.8) is 0 Å². The van der Waals surface area contributed by atoms with Crippen molar-refractivity contribution in [1.82, 2.24) is 0 Å². The molecule has 0 fully saturated rings. The van der Waals surface area contributed by atoms with Gasteiger partial charge in [0.2, 0.25) is 0 Å². The number of halogens is 7.